The van der Waals surface area contributed by atoms with Crippen LogP contribution in [0.1, 0.15) is 0 Å². The predicted molar refractivity (Wildman–Crippen MR) is 32.8 cm³/mol. The molecule has 0 atom stereocenters. The zero-order valence-corrected chi connectivity index (χ0v) is 5.00. The molecule has 0 N–H and O–H groups in total. The van der Waals surface area contributed by atoms with Crippen LogP contribution in [0.5, 0.6) is 0 Å². The first-order valence-corrected chi connectivity index (χ1v) is 2.63. The van der Waals surface area contributed by atoms with Gasteiger partial charge in [-0.15, -0.1) is 0 Å². The van der Waals surface area contributed by atoms with E-state index in [0.29, 0.717) is 0 Å². The van der Waals surface area contributed by atoms with Crippen molar-refractivity contribution in [2.24, 2.45) is 0 Å². The highest BCUT2D eigenvalue weighted by molar-refractivity contribution is 6.49. The molecule has 3 nitrogen and oxygen atoms in total. The third kappa shape index (κ3) is 0.869. The molecule has 10 heavy (non-hydrogen) atoms. The maximum absolute atomic E-state index is 10.7. The molecule has 0 fully saturated rings. The maximum atomic E-state index is 10.7. The Kier molecular flexibility index (Phi) is 1.46. The van der Waals surface area contributed by atoms with Crippen molar-refractivity contribution in [2.75, 3.05) is 0 Å². The smallest absolute Gasteiger partial charge is 0.243 e. The molecular weight excluding hydrogens is 130 g/mol. The highest BCUT2D eigenvalue weighted by Crippen LogP contribution is 2.02. The molecule has 0 spiro atoms. The SMILES string of the molecule is N#CC1=CC=CC(=O)C1=O. The van der Waals surface area contributed by atoms with Gasteiger partial charge in [0.15, 0.2) is 0 Å². The van der Waals surface area contributed by atoms with E-state index in [4.69, 9.17) is 5.26 Å². The lowest BCUT2D eigenvalue weighted by Crippen LogP contribution is -2.14. The number of allylic oxidation sites excluding steroid dienone is 4. The molecule has 1 rings (SSSR count). The van der Waals surface area contributed by atoms with Crippen LogP contribution >= 0.6 is 0 Å². The number of hydrogen-bond donors (Lipinski definition) is 0. The fraction of sp³-hybridized carbons (Fsp3) is 0. The average Bonchev–Trinajstić information content (AvgIpc) is 1.95. The Labute approximate surface area is 57.3 Å². The second-order valence-corrected chi connectivity index (χ2v) is 1.74. The Morgan fingerprint density at radius 3 is 2.60 bits per heavy atom. The van der Waals surface area contributed by atoms with Crippen LogP contribution in [-0.2, 0) is 9.59 Å². The maximum Gasteiger partial charge on any atom is 0.243 e. The van der Waals surface area contributed by atoms with Gasteiger partial charge in [-0.25, -0.2) is 0 Å². The van der Waals surface area contributed by atoms with Crippen LogP contribution in [0.4, 0.5) is 0 Å². The number of hydrogen-bond acceptors (Lipinski definition) is 3. The standard InChI is InChI=1S/C7H3NO2/c8-4-5-2-1-3-6(9)7(5)10/h1-3H. The van der Waals surface area contributed by atoms with E-state index >= 15 is 0 Å². The third-order valence-corrected chi connectivity index (χ3v) is 1.10. The lowest BCUT2D eigenvalue weighted by atomic mass is 10.0. The summed E-state index contributed by atoms with van der Waals surface area (Å²) in [4.78, 5) is 21.2. The molecule has 3 heteroatoms. The van der Waals surface area contributed by atoms with Crippen LogP contribution in [0.3, 0.4) is 0 Å². The molecule has 0 unspecified atom stereocenters. The van der Waals surface area contributed by atoms with Gasteiger partial charge in [-0.3, -0.25) is 9.59 Å². The van der Waals surface area contributed by atoms with E-state index in [1.54, 1.807) is 6.07 Å². The van der Waals surface area contributed by atoms with Gasteiger partial charge in [0.05, 0.1) is 0 Å². The lowest BCUT2D eigenvalue weighted by molar-refractivity contribution is -0.131. The molecular formula is C7H3NO2. The first-order valence-electron chi connectivity index (χ1n) is 2.63. The molecule has 0 saturated carbocycles. The van der Waals surface area contributed by atoms with Crippen molar-refractivity contribution in [3.8, 4) is 6.07 Å². The fourth-order valence-electron chi connectivity index (χ4n) is 0.604. The van der Waals surface area contributed by atoms with Crippen LogP contribution in [0.15, 0.2) is 23.8 Å². The molecule has 0 radical (unpaired) electrons. The summed E-state index contributed by atoms with van der Waals surface area (Å²) >= 11 is 0. The highest BCUT2D eigenvalue weighted by atomic mass is 16.2. The van der Waals surface area contributed by atoms with Crippen LogP contribution in [-0.4, -0.2) is 11.6 Å². The van der Waals surface area contributed by atoms with Crippen molar-refractivity contribution in [2.45, 2.75) is 0 Å². The zero-order chi connectivity index (χ0) is 7.56. The molecule has 1 aliphatic carbocycles. The number of ketones is 2. The van der Waals surface area contributed by atoms with Crippen LogP contribution in [0.2, 0.25) is 0 Å². The van der Waals surface area contributed by atoms with Gasteiger partial charge in [0.25, 0.3) is 0 Å². The minimum atomic E-state index is -0.718. The monoisotopic (exact) mass is 133 g/mol. The van der Waals surface area contributed by atoms with Crippen LogP contribution in [0.25, 0.3) is 0 Å². The molecule has 0 aliphatic heterocycles. The van der Waals surface area contributed by atoms with Crippen molar-refractivity contribution >= 4 is 11.6 Å². The van der Waals surface area contributed by atoms with Crippen LogP contribution in [0, 0.1) is 11.3 Å². The first kappa shape index (κ1) is 6.43. The van der Waals surface area contributed by atoms with E-state index in [0.717, 1.165) is 6.08 Å². The normalized spacial score (nSPS) is 16.5. The predicted octanol–water partition coefficient (Wildman–Crippen LogP) is 0.144. The molecule has 1 aliphatic rings. The van der Waals surface area contributed by atoms with E-state index in [2.05, 4.69) is 0 Å². The number of carbonyl (C=O) groups is 2. The van der Waals surface area contributed by atoms with E-state index in [1.807, 2.05) is 0 Å². The largest absolute Gasteiger partial charge is 0.286 e. The van der Waals surface area contributed by atoms with E-state index in [1.165, 1.54) is 12.2 Å². The average molecular weight is 133 g/mol. The molecule has 0 amide bonds. The Morgan fingerprint density at radius 2 is 2.10 bits per heavy atom. The fourth-order valence-corrected chi connectivity index (χ4v) is 0.604. The minimum absolute atomic E-state index is 0.0903. The van der Waals surface area contributed by atoms with Crippen molar-refractivity contribution < 1.29 is 9.59 Å². The number of nitriles is 1. The van der Waals surface area contributed by atoms with Gasteiger partial charge in [-0.1, -0.05) is 6.08 Å². The first-order chi connectivity index (χ1) is 4.75. The Bertz CT molecular complexity index is 291. The van der Waals surface area contributed by atoms with Crippen LogP contribution < -0.4 is 0 Å². The molecule has 48 valence electrons. The van der Waals surface area contributed by atoms with Gasteiger partial charge in [0, 0.05) is 0 Å². The number of Topliss-reactive ketones (excluding diaryl/α,β-unsaturated/α-hetero) is 1. The second kappa shape index (κ2) is 2.28. The summed E-state index contributed by atoms with van der Waals surface area (Å²) in [5, 5.41) is 8.25. The van der Waals surface area contributed by atoms with Gasteiger partial charge in [0.1, 0.15) is 11.6 Å². The van der Waals surface area contributed by atoms with E-state index < -0.39 is 11.6 Å². The Balaban J connectivity index is 3.07. The minimum Gasteiger partial charge on any atom is -0.286 e. The topological polar surface area (TPSA) is 57.9 Å². The summed E-state index contributed by atoms with van der Waals surface area (Å²) < 4.78 is 0. The Hall–Kier alpha value is -1.69. The number of rotatable bonds is 0. The van der Waals surface area contributed by atoms with Crippen molar-refractivity contribution in [1.82, 2.24) is 0 Å². The van der Waals surface area contributed by atoms with Crippen molar-refractivity contribution in [3.05, 3.63) is 23.8 Å². The summed E-state index contributed by atoms with van der Waals surface area (Å²) in [6, 6.07) is 1.62. The van der Waals surface area contributed by atoms with Gasteiger partial charge >= 0.3 is 0 Å². The molecule has 0 aromatic carbocycles. The summed E-state index contributed by atoms with van der Waals surface area (Å²) in [7, 11) is 0. The van der Waals surface area contributed by atoms with Crippen molar-refractivity contribution in [3.63, 3.8) is 0 Å². The molecule has 0 saturated heterocycles. The number of nitrogens with zero attached hydrogens (tertiary/aromatic N) is 1. The van der Waals surface area contributed by atoms with Gasteiger partial charge in [0.2, 0.25) is 11.6 Å². The molecule has 0 bridgehead atoms. The lowest BCUT2D eigenvalue weighted by Gasteiger charge is -1.95. The summed E-state index contributed by atoms with van der Waals surface area (Å²) in [5.74, 6) is -1.34. The van der Waals surface area contributed by atoms with Gasteiger partial charge < -0.3 is 0 Å². The molecule has 0 aromatic rings. The van der Waals surface area contributed by atoms with E-state index in [9.17, 15) is 9.59 Å². The summed E-state index contributed by atoms with van der Waals surface area (Å²) in [6.07, 6.45) is 3.86. The molecule has 0 heterocycles. The zero-order valence-electron chi connectivity index (χ0n) is 5.00. The van der Waals surface area contributed by atoms with E-state index in [-0.39, 0.29) is 5.57 Å². The molecule has 0 aromatic heterocycles. The number of carbonyl (C=O) groups excluding carboxylic acids is 2. The highest BCUT2D eigenvalue weighted by Gasteiger charge is 2.17. The van der Waals surface area contributed by atoms with Gasteiger partial charge in [-0.2, -0.15) is 5.26 Å². The summed E-state index contributed by atoms with van der Waals surface area (Å²) in [5.41, 5.74) is -0.0903. The quantitative estimate of drug-likeness (QED) is 0.349. The Morgan fingerprint density at radius 1 is 1.40 bits per heavy atom. The van der Waals surface area contributed by atoms with Crippen molar-refractivity contribution in [1.29, 1.82) is 5.26 Å². The second-order valence-electron chi connectivity index (χ2n) is 1.74. The third-order valence-electron chi connectivity index (χ3n) is 1.10. The summed E-state index contributed by atoms with van der Waals surface area (Å²) in [6.45, 7) is 0. The van der Waals surface area contributed by atoms with Gasteiger partial charge in [-0.05, 0) is 12.2 Å².